The Morgan fingerprint density at radius 1 is 0.368 bits per heavy atom. The Kier molecular flexibility index (Phi) is 6.86. The van der Waals surface area contributed by atoms with Crippen LogP contribution in [0.1, 0.15) is 0 Å². The summed E-state index contributed by atoms with van der Waals surface area (Å²) in [5, 5.41) is 6.82. The molecule has 0 spiro atoms. The zero-order valence-corrected chi connectivity index (χ0v) is 30.7. The van der Waals surface area contributed by atoms with Crippen LogP contribution in [0.4, 0.5) is 0 Å². The van der Waals surface area contributed by atoms with E-state index in [9.17, 15) is 0 Å². The van der Waals surface area contributed by atoms with Crippen LogP contribution in [0.3, 0.4) is 0 Å². The lowest BCUT2D eigenvalue weighted by Gasteiger charge is -2.13. The molecule has 0 aliphatic rings. The van der Waals surface area contributed by atoms with Crippen LogP contribution in [0.5, 0.6) is 0 Å². The first-order valence-corrected chi connectivity index (χ1v) is 19.2. The molecule has 5 nitrogen and oxygen atoms in total. The molecule has 0 unspecified atom stereocenters. The third-order valence-corrected chi connectivity index (χ3v) is 11.4. The van der Waals surface area contributed by atoms with E-state index < -0.39 is 0 Å². The van der Waals surface area contributed by atoms with Gasteiger partial charge in [0.1, 0.15) is 17.0 Å². The average Bonchev–Trinajstić information content (AvgIpc) is 3.93. The monoisotopic (exact) mass is 728 g/mol. The van der Waals surface area contributed by atoms with Crippen molar-refractivity contribution in [1.82, 2.24) is 19.1 Å². The fraction of sp³-hybridized carbons (Fsp3) is 0. The first-order valence-electron chi connectivity index (χ1n) is 19.2. The Bertz CT molecular complexity index is 3500. The molecule has 0 amide bonds. The standard InChI is InChI=1S/C52H32N4O/c1-3-14-33(15-4-1)34-26-28-35(29-27-34)44-32-50(54-52(53-44)41-22-13-21-40-39-20-9-12-25-49(39)57-51(40)41)56-46-24-11-8-19-38(46)43-30-47-42(31-48(43)56)37-18-7-10-23-45(37)55(47)36-16-5-2-6-17-36/h1-32H. The smallest absolute Gasteiger partial charge is 0.165 e. The van der Waals surface area contributed by atoms with Crippen LogP contribution in [0.25, 0.3) is 111 Å². The Morgan fingerprint density at radius 2 is 0.930 bits per heavy atom. The number of fused-ring (bicyclic) bond motifs is 9. The minimum atomic E-state index is 0.604. The summed E-state index contributed by atoms with van der Waals surface area (Å²) in [5.74, 6) is 1.39. The summed E-state index contributed by atoms with van der Waals surface area (Å²) in [7, 11) is 0. The van der Waals surface area contributed by atoms with Crippen molar-refractivity contribution < 1.29 is 4.42 Å². The van der Waals surface area contributed by atoms with Crippen molar-refractivity contribution in [2.24, 2.45) is 0 Å². The van der Waals surface area contributed by atoms with Gasteiger partial charge in [0.25, 0.3) is 0 Å². The van der Waals surface area contributed by atoms with E-state index in [0.717, 1.165) is 83.2 Å². The quantitative estimate of drug-likeness (QED) is 0.177. The van der Waals surface area contributed by atoms with Gasteiger partial charge in [-0.1, -0.05) is 140 Å². The van der Waals surface area contributed by atoms with Crippen LogP contribution in [0, 0.1) is 0 Å². The zero-order chi connectivity index (χ0) is 37.5. The number of rotatable bonds is 5. The summed E-state index contributed by atoms with van der Waals surface area (Å²) in [5.41, 5.74) is 12.3. The lowest BCUT2D eigenvalue weighted by atomic mass is 10.0. The molecule has 0 bridgehead atoms. The van der Waals surface area contributed by atoms with Crippen molar-refractivity contribution >= 4 is 65.6 Å². The SMILES string of the molecule is c1ccc(-c2ccc(-c3cc(-n4c5ccccc5c5cc6c(cc54)c4ccccc4n6-c4ccccc4)nc(-c4cccc5c4oc4ccccc45)n3)cc2)cc1. The number of para-hydroxylation sites is 5. The van der Waals surface area contributed by atoms with E-state index in [1.165, 1.54) is 21.9 Å². The van der Waals surface area contributed by atoms with E-state index in [0.29, 0.717) is 5.82 Å². The van der Waals surface area contributed by atoms with Crippen LogP contribution < -0.4 is 0 Å². The summed E-state index contributed by atoms with van der Waals surface area (Å²) >= 11 is 0. The Balaban J connectivity index is 1.15. The molecule has 0 atom stereocenters. The maximum atomic E-state index is 6.56. The highest BCUT2D eigenvalue weighted by molar-refractivity contribution is 6.19. The number of aromatic nitrogens is 4. The fourth-order valence-electron chi connectivity index (χ4n) is 8.74. The minimum absolute atomic E-state index is 0.604. The summed E-state index contributed by atoms with van der Waals surface area (Å²) in [6, 6.07) is 68.4. The predicted octanol–water partition coefficient (Wildman–Crippen LogP) is 13.6. The van der Waals surface area contributed by atoms with Crippen molar-refractivity contribution in [3.05, 3.63) is 194 Å². The molecule has 0 radical (unpaired) electrons. The van der Waals surface area contributed by atoms with Gasteiger partial charge in [-0.15, -0.1) is 0 Å². The van der Waals surface area contributed by atoms with Gasteiger partial charge in [0.2, 0.25) is 0 Å². The van der Waals surface area contributed by atoms with Crippen LogP contribution in [-0.2, 0) is 0 Å². The highest BCUT2D eigenvalue weighted by Gasteiger charge is 2.22. The van der Waals surface area contributed by atoms with Gasteiger partial charge in [0.15, 0.2) is 5.82 Å². The molecule has 8 aromatic carbocycles. The van der Waals surface area contributed by atoms with Crippen molar-refractivity contribution in [3.8, 4) is 45.3 Å². The molecule has 0 aliphatic heterocycles. The van der Waals surface area contributed by atoms with Gasteiger partial charge in [0, 0.05) is 49.6 Å². The molecular formula is C52H32N4O. The average molecular weight is 729 g/mol. The van der Waals surface area contributed by atoms with Crippen molar-refractivity contribution in [1.29, 1.82) is 0 Å². The maximum Gasteiger partial charge on any atom is 0.165 e. The molecule has 5 heteroatoms. The Hall–Kier alpha value is -7.76. The summed E-state index contributed by atoms with van der Waals surface area (Å²) < 4.78 is 11.2. The van der Waals surface area contributed by atoms with Gasteiger partial charge in [-0.3, -0.25) is 4.57 Å². The second-order valence-electron chi connectivity index (χ2n) is 14.6. The molecule has 12 aromatic rings. The number of benzene rings is 8. The number of hydrogen-bond donors (Lipinski definition) is 0. The zero-order valence-electron chi connectivity index (χ0n) is 30.7. The summed E-state index contributed by atoms with van der Waals surface area (Å²) in [6.07, 6.45) is 0. The minimum Gasteiger partial charge on any atom is -0.455 e. The van der Waals surface area contributed by atoms with E-state index in [1.807, 2.05) is 18.2 Å². The fourth-order valence-corrected chi connectivity index (χ4v) is 8.74. The number of furan rings is 1. The number of hydrogen-bond acceptors (Lipinski definition) is 3. The van der Waals surface area contributed by atoms with Gasteiger partial charge in [-0.2, -0.15) is 0 Å². The lowest BCUT2D eigenvalue weighted by Crippen LogP contribution is -2.02. The van der Waals surface area contributed by atoms with Gasteiger partial charge < -0.3 is 8.98 Å². The van der Waals surface area contributed by atoms with Crippen molar-refractivity contribution in [2.45, 2.75) is 0 Å². The van der Waals surface area contributed by atoms with Gasteiger partial charge >= 0.3 is 0 Å². The Morgan fingerprint density at radius 3 is 1.67 bits per heavy atom. The third-order valence-electron chi connectivity index (χ3n) is 11.4. The number of nitrogens with zero attached hydrogens (tertiary/aromatic N) is 4. The van der Waals surface area contributed by atoms with Crippen LogP contribution >= 0.6 is 0 Å². The molecule has 0 saturated heterocycles. The van der Waals surface area contributed by atoms with Gasteiger partial charge in [0.05, 0.1) is 33.3 Å². The van der Waals surface area contributed by atoms with Gasteiger partial charge in [-0.25, -0.2) is 9.97 Å². The normalized spacial score (nSPS) is 11.9. The first-order chi connectivity index (χ1) is 28.3. The maximum absolute atomic E-state index is 6.56. The lowest BCUT2D eigenvalue weighted by molar-refractivity contribution is 0.669. The van der Waals surface area contributed by atoms with E-state index in [4.69, 9.17) is 14.4 Å². The molecule has 0 saturated carbocycles. The predicted molar refractivity (Wildman–Crippen MR) is 234 cm³/mol. The summed E-state index contributed by atoms with van der Waals surface area (Å²) in [4.78, 5) is 10.7. The van der Waals surface area contributed by atoms with Crippen molar-refractivity contribution in [3.63, 3.8) is 0 Å². The largest absolute Gasteiger partial charge is 0.455 e. The molecule has 266 valence electrons. The first kappa shape index (κ1) is 31.6. The van der Waals surface area contributed by atoms with Gasteiger partial charge in [-0.05, 0) is 59.7 Å². The third kappa shape index (κ3) is 4.89. The van der Waals surface area contributed by atoms with Crippen LogP contribution in [0.15, 0.2) is 199 Å². The molecular weight excluding hydrogens is 697 g/mol. The second-order valence-corrected chi connectivity index (χ2v) is 14.6. The Labute approximate surface area is 327 Å². The highest BCUT2D eigenvalue weighted by Crippen LogP contribution is 2.41. The molecule has 12 rings (SSSR count). The van der Waals surface area contributed by atoms with E-state index in [1.54, 1.807) is 0 Å². The molecule has 4 aromatic heterocycles. The molecule has 0 fully saturated rings. The van der Waals surface area contributed by atoms with E-state index in [-0.39, 0.29) is 0 Å². The van der Waals surface area contributed by atoms with Crippen molar-refractivity contribution in [2.75, 3.05) is 0 Å². The van der Waals surface area contributed by atoms with Crippen LogP contribution in [0.2, 0.25) is 0 Å². The molecule has 0 N–H and O–H groups in total. The molecule has 4 heterocycles. The van der Waals surface area contributed by atoms with E-state index >= 15 is 0 Å². The van der Waals surface area contributed by atoms with Crippen LogP contribution in [-0.4, -0.2) is 19.1 Å². The second kappa shape index (κ2) is 12.4. The topological polar surface area (TPSA) is 48.8 Å². The van der Waals surface area contributed by atoms with E-state index in [2.05, 4.69) is 185 Å². The molecule has 57 heavy (non-hydrogen) atoms. The highest BCUT2D eigenvalue weighted by atomic mass is 16.3. The molecule has 0 aliphatic carbocycles. The summed E-state index contributed by atoms with van der Waals surface area (Å²) in [6.45, 7) is 0.